The molecule has 1 fully saturated rings. The van der Waals surface area contributed by atoms with Crippen molar-refractivity contribution in [1.29, 1.82) is 0 Å². The van der Waals surface area contributed by atoms with Crippen molar-refractivity contribution in [1.82, 2.24) is 19.6 Å². The van der Waals surface area contributed by atoms with Crippen molar-refractivity contribution in [2.75, 3.05) is 36.4 Å². The molecule has 1 atom stereocenters. The second kappa shape index (κ2) is 10.0. The number of piperazine rings is 1. The summed E-state index contributed by atoms with van der Waals surface area (Å²) in [6.07, 6.45) is 4.11. The monoisotopic (exact) mass is 506 g/mol. The first-order valence-electron chi connectivity index (χ1n) is 11.7. The largest absolute Gasteiger partial charge is 0.337 e. The van der Waals surface area contributed by atoms with Gasteiger partial charge in [-0.1, -0.05) is 30.3 Å². The minimum absolute atomic E-state index is 0.0529. The number of aromatic nitrogens is 2. The fourth-order valence-electron chi connectivity index (χ4n) is 4.42. The molecule has 11 heteroatoms. The summed E-state index contributed by atoms with van der Waals surface area (Å²) in [6.45, 7) is 1.92. The number of carbonyl (C=O) groups excluding carboxylic acids is 2. The molecule has 0 bridgehead atoms. The highest BCUT2D eigenvalue weighted by Gasteiger charge is 2.33. The van der Waals surface area contributed by atoms with Gasteiger partial charge in [-0.15, -0.1) is 0 Å². The number of hydrogen-bond donors (Lipinski definition) is 2. The number of hydrogen-bond acceptors (Lipinski definition) is 7. The van der Waals surface area contributed by atoms with Crippen molar-refractivity contribution >= 4 is 33.5 Å². The molecular formula is C25H26N6O4S. The molecule has 10 nitrogen and oxygen atoms in total. The van der Waals surface area contributed by atoms with Crippen molar-refractivity contribution in [3.05, 3.63) is 78.1 Å². The van der Waals surface area contributed by atoms with Crippen LogP contribution in [0.1, 0.15) is 23.6 Å². The summed E-state index contributed by atoms with van der Waals surface area (Å²) in [5.74, 6) is 0.196. The zero-order chi connectivity index (χ0) is 25.1. The third-order valence-corrected chi connectivity index (χ3v) is 7.78. The van der Waals surface area contributed by atoms with Crippen LogP contribution in [0.5, 0.6) is 0 Å². The normalized spacial score (nSPS) is 16.7. The number of nitrogens with zero attached hydrogens (tertiary/aromatic N) is 4. The van der Waals surface area contributed by atoms with Crippen LogP contribution in [0.3, 0.4) is 0 Å². The Morgan fingerprint density at radius 2 is 1.67 bits per heavy atom. The lowest BCUT2D eigenvalue weighted by Crippen LogP contribution is -2.52. The molecule has 2 aromatic carbocycles. The lowest BCUT2D eigenvalue weighted by molar-refractivity contribution is -0.133. The summed E-state index contributed by atoms with van der Waals surface area (Å²) in [4.78, 5) is 37.5. The summed E-state index contributed by atoms with van der Waals surface area (Å²) in [7, 11) is -4.03. The van der Waals surface area contributed by atoms with Gasteiger partial charge in [-0.2, -0.15) is 4.72 Å². The average Bonchev–Trinajstić information content (AvgIpc) is 2.92. The third kappa shape index (κ3) is 5.07. The fourth-order valence-corrected chi connectivity index (χ4v) is 5.65. The van der Waals surface area contributed by atoms with E-state index in [1.54, 1.807) is 59.8 Å². The van der Waals surface area contributed by atoms with Crippen molar-refractivity contribution in [3.63, 3.8) is 0 Å². The molecule has 0 spiro atoms. The van der Waals surface area contributed by atoms with Gasteiger partial charge in [0.1, 0.15) is 6.04 Å². The van der Waals surface area contributed by atoms with Crippen LogP contribution in [0.2, 0.25) is 0 Å². The Balaban J connectivity index is 1.36. The molecular weight excluding hydrogens is 480 g/mol. The van der Waals surface area contributed by atoms with Gasteiger partial charge in [0.15, 0.2) is 0 Å². The molecule has 5 rings (SSSR count). The van der Waals surface area contributed by atoms with Gasteiger partial charge in [-0.25, -0.2) is 18.4 Å². The number of fused-ring (bicyclic) bond motifs is 1. The Kier molecular flexibility index (Phi) is 6.66. The molecule has 0 radical (unpaired) electrons. The topological polar surface area (TPSA) is 125 Å². The molecule has 3 aromatic rings. The highest BCUT2D eigenvalue weighted by atomic mass is 32.2. The van der Waals surface area contributed by atoms with Crippen LogP contribution in [0.4, 0.5) is 11.6 Å². The molecule has 3 heterocycles. The summed E-state index contributed by atoms with van der Waals surface area (Å²) >= 11 is 0. The Morgan fingerprint density at radius 1 is 0.944 bits per heavy atom. The van der Waals surface area contributed by atoms with Gasteiger partial charge >= 0.3 is 0 Å². The first kappa shape index (κ1) is 23.9. The van der Waals surface area contributed by atoms with Crippen molar-refractivity contribution < 1.29 is 18.0 Å². The average molecular weight is 507 g/mol. The number of nitrogens with one attached hydrogen (secondary N) is 2. The van der Waals surface area contributed by atoms with E-state index in [0.29, 0.717) is 56.2 Å². The van der Waals surface area contributed by atoms with Gasteiger partial charge in [0.05, 0.1) is 4.90 Å². The molecule has 2 amide bonds. The maximum absolute atomic E-state index is 13.6. The highest BCUT2D eigenvalue weighted by Crippen LogP contribution is 2.27. The number of rotatable bonds is 6. The molecule has 0 unspecified atom stereocenters. The number of benzene rings is 2. The molecule has 1 saturated heterocycles. The van der Waals surface area contributed by atoms with E-state index in [0.717, 1.165) is 5.56 Å². The van der Waals surface area contributed by atoms with Crippen LogP contribution in [0, 0.1) is 0 Å². The lowest BCUT2D eigenvalue weighted by Gasteiger charge is -2.36. The first-order chi connectivity index (χ1) is 17.4. The molecule has 2 aliphatic rings. The summed E-state index contributed by atoms with van der Waals surface area (Å²) in [6, 6.07) is 14.1. The Morgan fingerprint density at radius 3 is 2.39 bits per heavy atom. The molecule has 0 aliphatic carbocycles. The standard InChI is InChI=1S/C25H26N6O4S/c32-22-10-7-19-17-20(8-9-21(19)28-22)36(34,35)29-23(18-5-2-1-3-6-18)24(33)30-13-15-31(16-14-30)25-26-11-4-12-27-25/h1-6,8-9,11-12,17,23,29H,7,10,13-16H2,(H,28,32)/t23-/m0/s1. The van der Waals surface area contributed by atoms with Gasteiger partial charge in [0.25, 0.3) is 0 Å². The second-order valence-corrected chi connectivity index (χ2v) is 10.4. The van der Waals surface area contributed by atoms with Crippen LogP contribution in [0.25, 0.3) is 0 Å². The lowest BCUT2D eigenvalue weighted by atomic mass is 10.0. The Labute approximate surface area is 209 Å². The third-order valence-electron chi connectivity index (χ3n) is 6.36. The molecule has 0 saturated carbocycles. The van der Waals surface area contributed by atoms with Gasteiger partial charge < -0.3 is 15.1 Å². The number of amides is 2. The second-order valence-electron chi connectivity index (χ2n) is 8.69. The van der Waals surface area contributed by atoms with Crippen LogP contribution in [-0.2, 0) is 26.0 Å². The minimum atomic E-state index is -4.03. The number of anilines is 2. The van der Waals surface area contributed by atoms with Gasteiger partial charge in [0.2, 0.25) is 27.8 Å². The van der Waals surface area contributed by atoms with Crippen LogP contribution in [-0.4, -0.2) is 61.3 Å². The summed E-state index contributed by atoms with van der Waals surface area (Å²) in [5.41, 5.74) is 1.92. The van der Waals surface area contributed by atoms with E-state index in [4.69, 9.17) is 0 Å². The summed E-state index contributed by atoms with van der Waals surface area (Å²) in [5, 5.41) is 2.75. The van der Waals surface area contributed by atoms with Crippen LogP contribution in [0.15, 0.2) is 71.9 Å². The molecule has 2 N–H and O–H groups in total. The van der Waals surface area contributed by atoms with E-state index in [1.165, 1.54) is 6.07 Å². The van der Waals surface area contributed by atoms with E-state index >= 15 is 0 Å². The predicted molar refractivity (Wildman–Crippen MR) is 134 cm³/mol. The minimum Gasteiger partial charge on any atom is -0.337 e. The predicted octanol–water partition coefficient (Wildman–Crippen LogP) is 1.73. The zero-order valence-corrected chi connectivity index (χ0v) is 20.3. The zero-order valence-electron chi connectivity index (χ0n) is 19.5. The quantitative estimate of drug-likeness (QED) is 0.522. The Hall–Kier alpha value is -3.83. The smallest absolute Gasteiger partial charge is 0.245 e. The van der Waals surface area contributed by atoms with E-state index in [2.05, 4.69) is 20.0 Å². The number of sulfonamides is 1. The van der Waals surface area contributed by atoms with E-state index in [-0.39, 0.29) is 16.7 Å². The highest BCUT2D eigenvalue weighted by molar-refractivity contribution is 7.89. The van der Waals surface area contributed by atoms with Crippen molar-refractivity contribution in [2.24, 2.45) is 0 Å². The first-order valence-corrected chi connectivity index (χ1v) is 13.2. The van der Waals surface area contributed by atoms with Crippen LogP contribution < -0.4 is 14.9 Å². The number of aryl methyl sites for hydroxylation is 1. The van der Waals surface area contributed by atoms with E-state index < -0.39 is 16.1 Å². The molecule has 2 aliphatic heterocycles. The SMILES string of the molecule is O=C1CCc2cc(S(=O)(=O)N[C@H](C(=O)N3CCN(c4ncccn4)CC3)c3ccccc3)ccc2N1. The molecule has 1 aromatic heterocycles. The van der Waals surface area contributed by atoms with Gasteiger partial charge in [0, 0.05) is 50.7 Å². The van der Waals surface area contributed by atoms with Crippen LogP contribution >= 0.6 is 0 Å². The van der Waals surface area contributed by atoms with Gasteiger partial charge in [-0.3, -0.25) is 9.59 Å². The van der Waals surface area contributed by atoms with Crippen molar-refractivity contribution in [2.45, 2.75) is 23.8 Å². The molecule has 186 valence electrons. The summed E-state index contributed by atoms with van der Waals surface area (Å²) < 4.78 is 29.4. The molecule has 36 heavy (non-hydrogen) atoms. The van der Waals surface area contributed by atoms with E-state index in [1.807, 2.05) is 11.0 Å². The van der Waals surface area contributed by atoms with Gasteiger partial charge in [-0.05, 0) is 41.8 Å². The van der Waals surface area contributed by atoms with Crippen molar-refractivity contribution in [3.8, 4) is 0 Å². The maximum atomic E-state index is 13.6. The fraction of sp³-hybridized carbons (Fsp3) is 0.280. The maximum Gasteiger partial charge on any atom is 0.245 e. The van der Waals surface area contributed by atoms with E-state index in [9.17, 15) is 18.0 Å². The number of carbonyl (C=O) groups is 2. The Bertz CT molecular complexity index is 1360.